The van der Waals surface area contributed by atoms with Gasteiger partial charge in [0.1, 0.15) is 12.4 Å². The number of ether oxygens (including phenoxy) is 2. The van der Waals surface area contributed by atoms with E-state index in [0.29, 0.717) is 24.4 Å². The summed E-state index contributed by atoms with van der Waals surface area (Å²) in [5.41, 5.74) is 3.41. The van der Waals surface area contributed by atoms with Crippen LogP contribution in [0.5, 0.6) is 5.75 Å². The van der Waals surface area contributed by atoms with Crippen LogP contribution in [0.15, 0.2) is 30.3 Å². The molecule has 1 aromatic heterocycles. The van der Waals surface area contributed by atoms with Crippen LogP contribution in [-0.4, -0.2) is 67.1 Å². The van der Waals surface area contributed by atoms with E-state index in [9.17, 15) is 4.79 Å². The summed E-state index contributed by atoms with van der Waals surface area (Å²) in [6.45, 7) is 2.96. The topological polar surface area (TPSA) is 68.6 Å². The van der Waals surface area contributed by atoms with Crippen molar-refractivity contribution in [3.05, 3.63) is 36.0 Å². The Kier molecular flexibility index (Phi) is 5.87. The fourth-order valence-corrected chi connectivity index (χ4v) is 4.83. The maximum atomic E-state index is 11.7. The minimum Gasteiger partial charge on any atom is -0.497 e. The quantitative estimate of drug-likeness (QED) is 0.773. The Morgan fingerprint density at radius 3 is 2.72 bits per heavy atom. The molecule has 3 aliphatic heterocycles. The van der Waals surface area contributed by atoms with Gasteiger partial charge in [0.05, 0.1) is 12.8 Å². The number of rotatable bonds is 7. The molecule has 7 nitrogen and oxygen atoms in total. The van der Waals surface area contributed by atoms with E-state index in [2.05, 4.69) is 28.4 Å². The molecule has 2 bridgehead atoms. The van der Waals surface area contributed by atoms with Crippen LogP contribution in [0.25, 0.3) is 11.3 Å². The number of aryl methyl sites for hydroxylation is 1. The van der Waals surface area contributed by atoms with Gasteiger partial charge in [0.2, 0.25) is 5.91 Å². The Morgan fingerprint density at radius 1 is 1.28 bits per heavy atom. The molecule has 5 rings (SSSR count). The first-order valence-corrected chi connectivity index (χ1v) is 10.3. The van der Waals surface area contributed by atoms with Gasteiger partial charge in [-0.05, 0) is 55.6 Å². The lowest BCUT2D eigenvalue weighted by Gasteiger charge is -2.50. The molecular formula is C22H30N4O3. The number of carbonyl (C=O) groups excluding carboxylic acids is 1. The minimum absolute atomic E-state index is 0.0394. The normalized spacial score (nSPS) is 25.8. The number of carbonyl (C=O) groups is 1. The lowest BCUT2D eigenvalue weighted by molar-refractivity contribution is -0.125. The van der Waals surface area contributed by atoms with Gasteiger partial charge in [-0.25, -0.2) is 0 Å². The van der Waals surface area contributed by atoms with Crippen molar-refractivity contribution in [3.8, 4) is 17.0 Å². The van der Waals surface area contributed by atoms with Crippen LogP contribution in [0.4, 0.5) is 0 Å². The summed E-state index contributed by atoms with van der Waals surface area (Å²) in [5, 5.41) is 7.79. The molecule has 0 radical (unpaired) electrons. The standard InChI is InChI=1S/C22H30N4O3/c1-25-21(11-20(24-25)15-4-6-18(29-3)7-5-15)19-13-26-9-8-16(19)10-17(26)12-23-22(27)14-28-2/h4-7,11,16-17,19H,8-10,12-14H2,1-3H3,(H,23,27)/t16-,17+,19+/m0/s1. The average Bonchev–Trinajstić information content (AvgIpc) is 3.14. The summed E-state index contributed by atoms with van der Waals surface area (Å²) >= 11 is 0. The Morgan fingerprint density at radius 2 is 2.07 bits per heavy atom. The smallest absolute Gasteiger partial charge is 0.246 e. The van der Waals surface area contributed by atoms with Crippen LogP contribution in [0.2, 0.25) is 0 Å². The molecule has 7 heteroatoms. The van der Waals surface area contributed by atoms with Crippen molar-refractivity contribution >= 4 is 5.91 Å². The molecule has 1 aromatic carbocycles. The van der Waals surface area contributed by atoms with Crippen molar-refractivity contribution in [3.63, 3.8) is 0 Å². The first-order valence-electron chi connectivity index (χ1n) is 10.3. The van der Waals surface area contributed by atoms with Gasteiger partial charge in [0, 0.05) is 50.5 Å². The van der Waals surface area contributed by atoms with E-state index in [1.54, 1.807) is 14.2 Å². The molecule has 0 saturated carbocycles. The highest BCUT2D eigenvalue weighted by Crippen LogP contribution is 2.42. The number of nitrogens with one attached hydrogen (secondary N) is 1. The molecule has 29 heavy (non-hydrogen) atoms. The van der Waals surface area contributed by atoms with Gasteiger partial charge >= 0.3 is 0 Å². The van der Waals surface area contributed by atoms with Crippen LogP contribution in [0, 0.1) is 5.92 Å². The molecule has 0 spiro atoms. The van der Waals surface area contributed by atoms with Gasteiger partial charge in [-0.1, -0.05) is 0 Å². The number of fused-ring (bicyclic) bond motifs is 3. The van der Waals surface area contributed by atoms with Crippen LogP contribution in [0.1, 0.15) is 24.5 Å². The van der Waals surface area contributed by atoms with Crippen LogP contribution >= 0.6 is 0 Å². The zero-order chi connectivity index (χ0) is 20.4. The van der Waals surface area contributed by atoms with E-state index < -0.39 is 0 Å². The number of benzene rings is 1. The van der Waals surface area contributed by atoms with Crippen LogP contribution in [0.3, 0.4) is 0 Å². The number of piperidine rings is 3. The first kappa shape index (κ1) is 19.9. The molecule has 1 unspecified atom stereocenters. The van der Waals surface area contributed by atoms with E-state index in [0.717, 1.165) is 36.5 Å². The van der Waals surface area contributed by atoms with Gasteiger partial charge in [0.15, 0.2) is 0 Å². The first-order chi connectivity index (χ1) is 14.1. The fraction of sp³-hybridized carbons (Fsp3) is 0.545. The fourth-order valence-electron chi connectivity index (χ4n) is 4.83. The van der Waals surface area contributed by atoms with Crippen LogP contribution < -0.4 is 10.1 Å². The highest BCUT2D eigenvalue weighted by molar-refractivity contribution is 5.77. The molecule has 3 aliphatic rings. The summed E-state index contributed by atoms with van der Waals surface area (Å²) in [6.07, 6.45) is 2.32. The van der Waals surface area contributed by atoms with Gasteiger partial charge in [-0.2, -0.15) is 5.10 Å². The highest BCUT2D eigenvalue weighted by atomic mass is 16.5. The Hall–Kier alpha value is -2.38. The molecule has 156 valence electrons. The molecule has 1 amide bonds. The second-order valence-corrected chi connectivity index (χ2v) is 8.08. The van der Waals surface area contributed by atoms with Crippen molar-refractivity contribution in [2.24, 2.45) is 13.0 Å². The molecule has 1 N–H and O–H groups in total. The van der Waals surface area contributed by atoms with Crippen molar-refractivity contribution in [1.82, 2.24) is 20.0 Å². The maximum Gasteiger partial charge on any atom is 0.246 e. The molecule has 4 atom stereocenters. The second kappa shape index (κ2) is 8.55. The minimum atomic E-state index is -0.0394. The Bertz CT molecular complexity index is 848. The number of amides is 1. The largest absolute Gasteiger partial charge is 0.497 e. The van der Waals surface area contributed by atoms with E-state index in [1.165, 1.54) is 12.1 Å². The molecular weight excluding hydrogens is 368 g/mol. The summed E-state index contributed by atoms with van der Waals surface area (Å²) in [6, 6.07) is 10.7. The molecule has 0 aliphatic carbocycles. The van der Waals surface area contributed by atoms with Gasteiger partial charge in [-0.3, -0.25) is 14.4 Å². The number of hydrogen-bond donors (Lipinski definition) is 1. The zero-order valence-electron chi connectivity index (χ0n) is 17.4. The van der Waals surface area contributed by atoms with Gasteiger partial charge < -0.3 is 14.8 Å². The summed E-state index contributed by atoms with van der Waals surface area (Å²) in [5.74, 6) is 1.93. The number of hydrogen-bond acceptors (Lipinski definition) is 5. The predicted molar refractivity (Wildman–Crippen MR) is 111 cm³/mol. The van der Waals surface area contributed by atoms with E-state index >= 15 is 0 Å². The third-order valence-corrected chi connectivity index (χ3v) is 6.37. The molecule has 4 heterocycles. The lowest BCUT2D eigenvalue weighted by Crippen LogP contribution is -2.56. The molecule has 3 saturated heterocycles. The SMILES string of the molecule is COCC(=O)NC[C@H]1C[C@@H]2CCN1C[C@H]2c1cc(-c2ccc(OC)cc2)nn1C. The third-order valence-electron chi connectivity index (χ3n) is 6.37. The van der Waals surface area contributed by atoms with Crippen molar-refractivity contribution < 1.29 is 14.3 Å². The number of nitrogens with zero attached hydrogens (tertiary/aromatic N) is 3. The van der Waals surface area contributed by atoms with Gasteiger partial charge in [0.25, 0.3) is 0 Å². The maximum absolute atomic E-state index is 11.7. The van der Waals surface area contributed by atoms with E-state index in [1.807, 2.05) is 23.9 Å². The zero-order valence-corrected chi connectivity index (χ0v) is 17.4. The Balaban J connectivity index is 1.45. The summed E-state index contributed by atoms with van der Waals surface area (Å²) in [7, 11) is 5.27. The highest BCUT2D eigenvalue weighted by Gasteiger charge is 2.41. The Labute approximate surface area is 172 Å². The average molecular weight is 399 g/mol. The van der Waals surface area contributed by atoms with Crippen molar-refractivity contribution in [1.29, 1.82) is 0 Å². The van der Waals surface area contributed by atoms with Crippen LogP contribution in [-0.2, 0) is 16.6 Å². The lowest BCUT2D eigenvalue weighted by atomic mass is 9.74. The van der Waals surface area contributed by atoms with Crippen molar-refractivity contribution in [2.75, 3.05) is 40.5 Å². The summed E-state index contributed by atoms with van der Waals surface area (Å²) in [4.78, 5) is 14.3. The van der Waals surface area contributed by atoms with Crippen molar-refractivity contribution in [2.45, 2.75) is 24.8 Å². The number of methoxy groups -OCH3 is 2. The van der Waals surface area contributed by atoms with E-state index in [4.69, 9.17) is 14.6 Å². The number of aromatic nitrogens is 2. The molecule has 3 fully saturated rings. The molecule has 2 aromatic rings. The second-order valence-electron chi connectivity index (χ2n) is 8.08. The monoisotopic (exact) mass is 398 g/mol. The predicted octanol–water partition coefficient (Wildman–Crippen LogP) is 2.04. The van der Waals surface area contributed by atoms with E-state index in [-0.39, 0.29) is 12.5 Å². The van der Waals surface area contributed by atoms with Gasteiger partial charge in [-0.15, -0.1) is 0 Å². The summed E-state index contributed by atoms with van der Waals surface area (Å²) < 4.78 is 12.2. The third kappa shape index (κ3) is 4.16.